The van der Waals surface area contributed by atoms with Crippen LogP contribution in [0.4, 0.5) is 5.69 Å². The van der Waals surface area contributed by atoms with Gasteiger partial charge in [-0.15, -0.1) is 23.5 Å². The van der Waals surface area contributed by atoms with Crippen molar-refractivity contribution in [3.63, 3.8) is 0 Å². The van der Waals surface area contributed by atoms with Gasteiger partial charge in [0.25, 0.3) is 11.8 Å². The van der Waals surface area contributed by atoms with Gasteiger partial charge in [-0.3, -0.25) is 9.59 Å². The lowest BCUT2D eigenvalue weighted by molar-refractivity contribution is -0.127. The molecule has 0 spiro atoms. The zero-order chi connectivity index (χ0) is 19.5. The Bertz CT molecular complexity index is 866. The van der Waals surface area contributed by atoms with Crippen LogP contribution in [0.1, 0.15) is 26.9 Å². The van der Waals surface area contributed by atoms with Gasteiger partial charge >= 0.3 is 0 Å². The maximum absolute atomic E-state index is 13.2. The first-order valence-electron chi connectivity index (χ1n) is 9.29. The van der Waals surface area contributed by atoms with E-state index in [0.29, 0.717) is 21.6 Å². The first kappa shape index (κ1) is 19.2. The van der Waals surface area contributed by atoms with E-state index in [9.17, 15) is 9.59 Å². The van der Waals surface area contributed by atoms with Gasteiger partial charge in [0.05, 0.1) is 16.8 Å². The molecule has 7 heteroatoms. The average molecular weight is 415 g/mol. The maximum Gasteiger partial charge on any atom is 0.262 e. The number of ether oxygens (including phenoxy) is 1. The molecule has 2 aliphatic heterocycles. The van der Waals surface area contributed by atoms with E-state index in [1.54, 1.807) is 18.0 Å². The minimum atomic E-state index is -0.724. The van der Waals surface area contributed by atoms with Crippen molar-refractivity contribution in [2.45, 2.75) is 17.1 Å². The largest absolute Gasteiger partial charge is 0.477 e. The lowest BCUT2D eigenvalue weighted by Gasteiger charge is -2.34. The van der Waals surface area contributed by atoms with Crippen molar-refractivity contribution in [2.75, 3.05) is 30.0 Å². The molecule has 2 aromatic rings. The molecule has 1 atom stereocenters. The molecule has 0 aliphatic carbocycles. The summed E-state index contributed by atoms with van der Waals surface area (Å²) in [6, 6.07) is 15.2. The van der Waals surface area contributed by atoms with Crippen LogP contribution in [-0.2, 0) is 4.79 Å². The third kappa shape index (κ3) is 3.86. The van der Waals surface area contributed by atoms with Gasteiger partial charge in [0.1, 0.15) is 5.75 Å². The standard InChI is InChI=1S/C21H22N2O3S2/c1-22-19(24)18-13-23(16-5-2-3-6-17(16)26-18)20(25)14-7-9-15(10-8-14)21-27-11-4-12-28-21/h2-3,5-10,18,21H,4,11-13H2,1H3,(H,22,24)/t18-/m1/s1. The minimum absolute atomic E-state index is 0.125. The first-order valence-corrected chi connectivity index (χ1v) is 11.4. The number of hydrogen-bond donors (Lipinski definition) is 1. The van der Waals surface area contributed by atoms with E-state index in [4.69, 9.17) is 4.74 Å². The summed E-state index contributed by atoms with van der Waals surface area (Å²) >= 11 is 3.92. The van der Waals surface area contributed by atoms with Crippen LogP contribution in [0, 0.1) is 0 Å². The highest BCUT2D eigenvalue weighted by atomic mass is 32.2. The molecule has 1 fully saturated rings. The Morgan fingerprint density at radius 1 is 1.07 bits per heavy atom. The number of nitrogens with one attached hydrogen (secondary N) is 1. The number of likely N-dealkylation sites (N-methyl/N-ethyl adjacent to an activating group) is 1. The Hall–Kier alpha value is -2.12. The molecule has 146 valence electrons. The maximum atomic E-state index is 13.2. The zero-order valence-electron chi connectivity index (χ0n) is 15.6. The fourth-order valence-electron chi connectivity index (χ4n) is 3.34. The molecule has 28 heavy (non-hydrogen) atoms. The molecule has 1 saturated heterocycles. The molecule has 2 aromatic carbocycles. The highest BCUT2D eigenvalue weighted by molar-refractivity contribution is 8.16. The van der Waals surface area contributed by atoms with Crippen molar-refractivity contribution < 1.29 is 14.3 Å². The molecule has 2 aliphatic rings. The fourth-order valence-corrected chi connectivity index (χ4v) is 6.24. The van der Waals surface area contributed by atoms with Crippen LogP contribution in [-0.4, -0.2) is 43.0 Å². The molecule has 5 nitrogen and oxygen atoms in total. The Labute approximate surface area is 173 Å². The van der Waals surface area contributed by atoms with Crippen molar-refractivity contribution >= 4 is 41.0 Å². The van der Waals surface area contributed by atoms with Crippen molar-refractivity contribution in [2.24, 2.45) is 0 Å². The SMILES string of the molecule is CNC(=O)[C@H]1CN(C(=O)c2ccc(C3SCCCS3)cc2)c2ccccc2O1. The number of fused-ring (bicyclic) bond motifs is 1. The van der Waals surface area contributed by atoms with Crippen LogP contribution >= 0.6 is 23.5 Å². The normalized spacial score (nSPS) is 19.5. The lowest BCUT2D eigenvalue weighted by Crippen LogP contribution is -2.50. The number of amides is 2. The Kier molecular flexibility index (Phi) is 5.82. The third-order valence-corrected chi connectivity index (χ3v) is 7.83. The smallest absolute Gasteiger partial charge is 0.262 e. The van der Waals surface area contributed by atoms with Gasteiger partial charge < -0.3 is 15.0 Å². The number of anilines is 1. The summed E-state index contributed by atoms with van der Waals surface area (Å²) in [5.41, 5.74) is 2.55. The molecule has 0 radical (unpaired) electrons. The van der Waals surface area contributed by atoms with Crippen molar-refractivity contribution in [1.29, 1.82) is 0 Å². The van der Waals surface area contributed by atoms with Crippen LogP contribution in [0.2, 0.25) is 0 Å². The van der Waals surface area contributed by atoms with Crippen LogP contribution in [0.25, 0.3) is 0 Å². The molecule has 4 rings (SSSR count). The van der Waals surface area contributed by atoms with Crippen molar-refractivity contribution in [1.82, 2.24) is 5.32 Å². The summed E-state index contributed by atoms with van der Waals surface area (Å²) in [7, 11) is 1.57. The predicted molar refractivity (Wildman–Crippen MR) is 115 cm³/mol. The van der Waals surface area contributed by atoms with E-state index in [1.807, 2.05) is 66.0 Å². The van der Waals surface area contributed by atoms with Gasteiger partial charge in [-0.1, -0.05) is 24.3 Å². The molecular weight excluding hydrogens is 392 g/mol. The number of rotatable bonds is 3. The number of benzene rings is 2. The molecule has 0 aromatic heterocycles. The second kappa shape index (κ2) is 8.49. The number of para-hydroxylation sites is 2. The van der Waals surface area contributed by atoms with Crippen molar-refractivity contribution in [3.05, 3.63) is 59.7 Å². The first-order chi connectivity index (χ1) is 13.7. The van der Waals surface area contributed by atoms with E-state index in [2.05, 4.69) is 5.32 Å². The van der Waals surface area contributed by atoms with Gasteiger partial charge in [0.2, 0.25) is 0 Å². The van der Waals surface area contributed by atoms with Gasteiger partial charge in [-0.05, 0) is 47.8 Å². The summed E-state index contributed by atoms with van der Waals surface area (Å²) in [4.78, 5) is 27.0. The predicted octanol–water partition coefficient (Wildman–Crippen LogP) is 3.71. The lowest BCUT2D eigenvalue weighted by atomic mass is 10.1. The van der Waals surface area contributed by atoms with Gasteiger partial charge in [0.15, 0.2) is 6.10 Å². The highest BCUT2D eigenvalue weighted by Gasteiger charge is 2.33. The summed E-state index contributed by atoms with van der Waals surface area (Å²) < 4.78 is 6.23. The second-order valence-electron chi connectivity index (χ2n) is 6.65. The summed E-state index contributed by atoms with van der Waals surface area (Å²) in [6.45, 7) is 0.186. The van der Waals surface area contributed by atoms with E-state index < -0.39 is 6.10 Å². The highest BCUT2D eigenvalue weighted by Crippen LogP contribution is 2.43. The number of carbonyl (C=O) groups excluding carboxylic acids is 2. The summed E-state index contributed by atoms with van der Waals surface area (Å²) in [6.07, 6.45) is 0.531. The molecule has 0 unspecified atom stereocenters. The Morgan fingerprint density at radius 2 is 1.79 bits per heavy atom. The number of carbonyl (C=O) groups is 2. The van der Waals surface area contributed by atoms with Crippen LogP contribution < -0.4 is 15.0 Å². The minimum Gasteiger partial charge on any atom is -0.477 e. The molecule has 0 saturated carbocycles. The van der Waals surface area contributed by atoms with Crippen molar-refractivity contribution in [3.8, 4) is 5.75 Å². The number of hydrogen-bond acceptors (Lipinski definition) is 5. The van der Waals surface area contributed by atoms with Crippen LogP contribution in [0.5, 0.6) is 5.75 Å². The molecule has 2 amide bonds. The Balaban J connectivity index is 1.58. The summed E-state index contributed by atoms with van der Waals surface area (Å²) in [5.74, 6) is 2.55. The molecule has 0 bridgehead atoms. The van der Waals surface area contributed by atoms with E-state index in [0.717, 1.165) is 0 Å². The quantitative estimate of drug-likeness (QED) is 0.830. The van der Waals surface area contributed by atoms with Gasteiger partial charge in [-0.2, -0.15) is 0 Å². The van der Waals surface area contributed by atoms with E-state index in [-0.39, 0.29) is 18.4 Å². The summed E-state index contributed by atoms with van der Waals surface area (Å²) in [5, 5.41) is 2.60. The topological polar surface area (TPSA) is 58.6 Å². The molecule has 1 N–H and O–H groups in total. The number of thioether (sulfide) groups is 2. The zero-order valence-corrected chi connectivity index (χ0v) is 17.2. The molecular formula is C21H22N2O3S2. The van der Waals surface area contributed by atoms with Gasteiger partial charge in [-0.25, -0.2) is 0 Å². The average Bonchev–Trinajstić information content (AvgIpc) is 2.78. The number of nitrogens with zero attached hydrogens (tertiary/aromatic N) is 1. The van der Waals surface area contributed by atoms with Crippen LogP contribution in [0.3, 0.4) is 0 Å². The van der Waals surface area contributed by atoms with E-state index >= 15 is 0 Å². The monoisotopic (exact) mass is 414 g/mol. The van der Waals surface area contributed by atoms with Crippen LogP contribution in [0.15, 0.2) is 48.5 Å². The fraction of sp³-hybridized carbons (Fsp3) is 0.333. The van der Waals surface area contributed by atoms with E-state index in [1.165, 1.54) is 23.5 Å². The van der Waals surface area contributed by atoms with Gasteiger partial charge in [0, 0.05) is 12.6 Å². The third-order valence-electron chi connectivity index (χ3n) is 4.81. The Morgan fingerprint density at radius 3 is 2.50 bits per heavy atom. The molecule has 2 heterocycles. The second-order valence-corrected chi connectivity index (χ2v) is 9.38.